The number of carbonyl (C=O) groups excluding carboxylic acids is 2. The maximum absolute atomic E-state index is 15.7. The Hall–Kier alpha value is -2.52. The number of benzene rings is 2. The Bertz CT molecular complexity index is 1210. The lowest BCUT2D eigenvalue weighted by atomic mass is 9.62. The van der Waals surface area contributed by atoms with Crippen molar-refractivity contribution >= 4 is 23.5 Å². The molecule has 7 nitrogen and oxygen atoms in total. The van der Waals surface area contributed by atoms with Crippen molar-refractivity contribution in [3.05, 3.63) is 64.4 Å². The summed E-state index contributed by atoms with van der Waals surface area (Å²) >= 11 is 6.24. The molecule has 2 fully saturated rings. The highest BCUT2D eigenvalue weighted by Gasteiger charge is 2.67. The van der Waals surface area contributed by atoms with Gasteiger partial charge in [0.15, 0.2) is 0 Å². The Morgan fingerprint density at radius 3 is 2.66 bits per heavy atom. The number of morpholine rings is 1. The summed E-state index contributed by atoms with van der Waals surface area (Å²) in [6, 6.07) is 10.6. The van der Waals surface area contributed by atoms with E-state index in [1.54, 1.807) is 24.3 Å². The summed E-state index contributed by atoms with van der Waals surface area (Å²) in [5.74, 6) is -1.81. The van der Waals surface area contributed by atoms with Crippen LogP contribution >= 0.6 is 11.6 Å². The van der Waals surface area contributed by atoms with E-state index in [1.807, 2.05) is 12.1 Å². The van der Waals surface area contributed by atoms with Crippen LogP contribution in [-0.2, 0) is 19.7 Å². The van der Waals surface area contributed by atoms with E-state index >= 15 is 4.39 Å². The first-order chi connectivity index (χ1) is 18.1. The number of halogens is 2. The van der Waals surface area contributed by atoms with Gasteiger partial charge in [-0.2, -0.15) is 0 Å². The second-order valence-electron chi connectivity index (χ2n) is 11.6. The fraction of sp³-hybridized carbons (Fsp3) is 0.517. The van der Waals surface area contributed by atoms with Gasteiger partial charge < -0.3 is 20.1 Å². The van der Waals surface area contributed by atoms with E-state index < -0.39 is 35.2 Å². The van der Waals surface area contributed by atoms with Gasteiger partial charge in [-0.3, -0.25) is 14.5 Å². The minimum atomic E-state index is -1.30. The number of fused-ring (bicyclic) bond motifs is 2. The first-order valence-electron chi connectivity index (χ1n) is 13.2. The molecule has 0 aromatic heterocycles. The fourth-order valence-electron chi connectivity index (χ4n) is 6.26. The lowest BCUT2D eigenvalue weighted by molar-refractivity contribution is -0.139. The molecule has 2 unspecified atom stereocenters. The quantitative estimate of drug-likeness (QED) is 0.428. The van der Waals surface area contributed by atoms with Crippen LogP contribution in [-0.4, -0.2) is 68.3 Å². The van der Waals surface area contributed by atoms with Crippen LogP contribution in [0.3, 0.4) is 0 Å². The molecular formula is C29H35ClFN3O4. The Morgan fingerprint density at radius 1 is 1.18 bits per heavy atom. The fourth-order valence-corrected chi connectivity index (χ4v) is 6.44. The van der Waals surface area contributed by atoms with Crippen molar-refractivity contribution < 1.29 is 23.5 Å². The van der Waals surface area contributed by atoms with Crippen LogP contribution in [0.2, 0.25) is 5.02 Å². The molecule has 0 bridgehead atoms. The van der Waals surface area contributed by atoms with Crippen molar-refractivity contribution in [2.75, 3.05) is 39.4 Å². The molecule has 3 aliphatic heterocycles. The van der Waals surface area contributed by atoms with E-state index in [1.165, 1.54) is 6.07 Å². The third-order valence-corrected chi connectivity index (χ3v) is 8.17. The maximum atomic E-state index is 15.7. The third-order valence-electron chi connectivity index (χ3n) is 7.87. The van der Waals surface area contributed by atoms with E-state index in [4.69, 9.17) is 21.1 Å². The van der Waals surface area contributed by atoms with Gasteiger partial charge in [0.2, 0.25) is 5.91 Å². The number of ether oxygens (including phenoxy) is 2. The summed E-state index contributed by atoms with van der Waals surface area (Å²) in [5.41, 5.74) is -0.605. The van der Waals surface area contributed by atoms with Gasteiger partial charge in [0.25, 0.3) is 0 Å². The number of nitrogens with zero attached hydrogens (tertiary/aromatic N) is 1. The number of esters is 1. The molecule has 2 saturated heterocycles. The number of rotatable bonds is 6. The summed E-state index contributed by atoms with van der Waals surface area (Å²) in [7, 11) is 0. The average molecular weight is 544 g/mol. The van der Waals surface area contributed by atoms with E-state index in [0.29, 0.717) is 44.0 Å². The SMILES string of the molecule is CC(C)(C)CC1N[C@@H](C(=O)NCCN2CCOCC2)C(c2cccc(Cl)c2F)[C@@]12C(=O)Oc1ccccc12. The van der Waals surface area contributed by atoms with Crippen LogP contribution in [0.25, 0.3) is 0 Å². The van der Waals surface area contributed by atoms with Crippen LogP contribution in [0.15, 0.2) is 42.5 Å². The number of nitrogens with one attached hydrogen (secondary N) is 2. The Morgan fingerprint density at radius 2 is 1.92 bits per heavy atom. The van der Waals surface area contributed by atoms with Crippen molar-refractivity contribution in [2.45, 2.75) is 50.6 Å². The van der Waals surface area contributed by atoms with Gasteiger partial charge in [0, 0.05) is 43.7 Å². The number of para-hydroxylation sites is 1. The highest BCUT2D eigenvalue weighted by Crippen LogP contribution is 2.57. The monoisotopic (exact) mass is 543 g/mol. The van der Waals surface area contributed by atoms with Crippen LogP contribution in [0.5, 0.6) is 5.75 Å². The maximum Gasteiger partial charge on any atom is 0.324 e. The van der Waals surface area contributed by atoms with Crippen molar-refractivity contribution in [2.24, 2.45) is 5.41 Å². The topological polar surface area (TPSA) is 79.9 Å². The van der Waals surface area contributed by atoms with Gasteiger partial charge in [-0.05, 0) is 29.5 Å². The first kappa shape index (κ1) is 27.1. The first-order valence-corrected chi connectivity index (χ1v) is 13.6. The molecule has 3 aliphatic rings. The molecule has 1 amide bonds. The molecule has 2 aromatic rings. The van der Waals surface area contributed by atoms with Crippen LogP contribution < -0.4 is 15.4 Å². The highest BCUT2D eigenvalue weighted by molar-refractivity contribution is 6.30. The van der Waals surface area contributed by atoms with Crippen molar-refractivity contribution in [1.29, 1.82) is 0 Å². The molecule has 4 atom stereocenters. The minimum absolute atomic E-state index is 0.0527. The van der Waals surface area contributed by atoms with Crippen molar-refractivity contribution in [1.82, 2.24) is 15.5 Å². The number of amides is 1. The second-order valence-corrected chi connectivity index (χ2v) is 12.0. The van der Waals surface area contributed by atoms with E-state index in [-0.39, 0.29) is 21.9 Å². The summed E-state index contributed by atoms with van der Waals surface area (Å²) < 4.78 is 26.9. The van der Waals surface area contributed by atoms with Gasteiger partial charge in [0.05, 0.1) is 24.3 Å². The average Bonchev–Trinajstić information content (AvgIpc) is 3.36. The molecule has 5 rings (SSSR count). The zero-order valence-electron chi connectivity index (χ0n) is 22.1. The molecule has 2 aromatic carbocycles. The largest absolute Gasteiger partial charge is 0.425 e. The van der Waals surface area contributed by atoms with Gasteiger partial charge in [-0.25, -0.2) is 4.39 Å². The molecule has 1 spiro atoms. The lowest BCUT2D eigenvalue weighted by Crippen LogP contribution is -2.49. The van der Waals surface area contributed by atoms with Crippen LogP contribution in [0.1, 0.15) is 44.2 Å². The molecule has 9 heteroatoms. The number of hydrogen-bond acceptors (Lipinski definition) is 6. The zero-order valence-corrected chi connectivity index (χ0v) is 22.8. The Kier molecular flexibility index (Phi) is 7.52. The molecule has 204 valence electrons. The Balaban J connectivity index is 1.57. The van der Waals surface area contributed by atoms with E-state index in [2.05, 4.69) is 36.3 Å². The molecule has 3 heterocycles. The highest BCUT2D eigenvalue weighted by atomic mass is 35.5. The van der Waals surface area contributed by atoms with Gasteiger partial charge in [-0.15, -0.1) is 0 Å². The molecule has 0 saturated carbocycles. The second kappa shape index (κ2) is 10.6. The van der Waals surface area contributed by atoms with Crippen LogP contribution in [0.4, 0.5) is 4.39 Å². The molecular weight excluding hydrogens is 509 g/mol. The van der Waals surface area contributed by atoms with Crippen LogP contribution in [0, 0.1) is 11.2 Å². The molecule has 38 heavy (non-hydrogen) atoms. The lowest BCUT2D eigenvalue weighted by Gasteiger charge is -2.36. The molecule has 2 N–H and O–H groups in total. The smallest absolute Gasteiger partial charge is 0.324 e. The third kappa shape index (κ3) is 4.83. The Labute approximate surface area is 228 Å². The van der Waals surface area contributed by atoms with Gasteiger partial charge >= 0.3 is 5.97 Å². The molecule has 0 radical (unpaired) electrons. The number of hydrogen-bond donors (Lipinski definition) is 2. The van der Waals surface area contributed by atoms with E-state index in [9.17, 15) is 9.59 Å². The number of carbonyl (C=O) groups is 2. The summed E-state index contributed by atoms with van der Waals surface area (Å²) in [4.78, 5) is 30.0. The molecule has 0 aliphatic carbocycles. The predicted molar refractivity (Wildman–Crippen MR) is 143 cm³/mol. The van der Waals surface area contributed by atoms with Gasteiger partial charge in [-0.1, -0.05) is 62.7 Å². The summed E-state index contributed by atoms with van der Waals surface area (Å²) in [6.45, 7) is 10.3. The zero-order chi connectivity index (χ0) is 27.1. The van der Waals surface area contributed by atoms with Crippen molar-refractivity contribution in [3.63, 3.8) is 0 Å². The summed E-state index contributed by atoms with van der Waals surface area (Å²) in [6.07, 6.45) is 0.562. The predicted octanol–water partition coefficient (Wildman–Crippen LogP) is 3.64. The van der Waals surface area contributed by atoms with E-state index in [0.717, 1.165) is 13.1 Å². The summed E-state index contributed by atoms with van der Waals surface area (Å²) in [5, 5.41) is 6.47. The minimum Gasteiger partial charge on any atom is -0.425 e. The van der Waals surface area contributed by atoms with Gasteiger partial charge in [0.1, 0.15) is 17.0 Å². The van der Waals surface area contributed by atoms with Crippen molar-refractivity contribution in [3.8, 4) is 5.75 Å². The standard InChI is InChI=1S/C29H35ClFN3O4/c1-28(2,3)17-22-29(19-8-4-5-10-21(19)38-27(29)36)23(18-7-6-9-20(30)24(18)31)25(33-22)26(35)32-11-12-34-13-15-37-16-14-34/h4-10,22-23,25,33H,11-17H2,1-3H3,(H,32,35)/t22?,23?,25-,29+/m1/s1. The normalized spacial score (nSPS) is 27.4.